The van der Waals surface area contributed by atoms with Gasteiger partial charge in [-0.1, -0.05) is 63.1 Å². The summed E-state index contributed by atoms with van der Waals surface area (Å²) in [5, 5.41) is 4.05. The normalized spacial score (nSPS) is 23.2. The number of ether oxygens (including phenoxy) is 1. The van der Waals surface area contributed by atoms with Crippen molar-refractivity contribution < 1.29 is 14.5 Å². The number of aromatic nitrogens is 1. The van der Waals surface area contributed by atoms with Gasteiger partial charge >= 0.3 is 0 Å². The van der Waals surface area contributed by atoms with Gasteiger partial charge in [-0.3, -0.25) is 19.7 Å². The van der Waals surface area contributed by atoms with E-state index in [1.807, 2.05) is 18.2 Å². The van der Waals surface area contributed by atoms with Crippen LogP contribution >= 0.6 is 0 Å². The average Bonchev–Trinajstić information content (AvgIpc) is 3.09. The number of hydrogen-bond acceptors (Lipinski definition) is 7. The number of carbonyl (C=O) groups is 1. The Labute approximate surface area is 208 Å². The highest BCUT2D eigenvalue weighted by Gasteiger charge is 2.31. The Balaban J connectivity index is 0.000000176. The van der Waals surface area contributed by atoms with Crippen LogP contribution in [0.1, 0.15) is 64.4 Å². The minimum Gasteiger partial charge on any atom is -0.373 e. The Kier molecular flexibility index (Phi) is 10.8. The molecule has 4 heterocycles. The molecule has 7 heteroatoms. The third kappa shape index (κ3) is 7.94. The number of oxime groups is 1. The molecule has 1 saturated heterocycles. The zero-order chi connectivity index (χ0) is 24.9. The van der Waals surface area contributed by atoms with Gasteiger partial charge in [0.15, 0.2) is 5.78 Å². The van der Waals surface area contributed by atoms with Gasteiger partial charge in [0.1, 0.15) is 11.8 Å². The van der Waals surface area contributed by atoms with Crippen molar-refractivity contribution in [2.75, 3.05) is 6.61 Å². The minimum atomic E-state index is 0.104. The molecule has 2 unspecified atom stereocenters. The molecule has 0 bridgehead atoms. The summed E-state index contributed by atoms with van der Waals surface area (Å²) >= 11 is 0. The summed E-state index contributed by atoms with van der Waals surface area (Å²) in [5.41, 5.74) is 7.47. The molecule has 5 rings (SSSR count). The fraction of sp³-hybridized carbons (Fsp3) is 0.429. The molecule has 0 spiro atoms. The highest BCUT2D eigenvalue weighted by molar-refractivity contribution is 6.08. The third-order valence-electron chi connectivity index (χ3n) is 5.67. The van der Waals surface area contributed by atoms with Crippen LogP contribution in [0.5, 0.6) is 0 Å². The lowest BCUT2D eigenvalue weighted by atomic mass is 9.92. The fourth-order valence-corrected chi connectivity index (χ4v) is 3.94. The van der Waals surface area contributed by atoms with Crippen molar-refractivity contribution >= 4 is 22.9 Å². The molecule has 0 radical (unpaired) electrons. The van der Waals surface area contributed by atoms with Crippen molar-refractivity contribution in [1.82, 2.24) is 10.5 Å². The van der Waals surface area contributed by atoms with E-state index in [0.717, 1.165) is 30.0 Å². The summed E-state index contributed by atoms with van der Waals surface area (Å²) in [6, 6.07) is 3.79. The number of rotatable bonds is 3. The summed E-state index contributed by atoms with van der Waals surface area (Å²) in [5.74, 6) is 0.104. The van der Waals surface area contributed by atoms with E-state index in [-0.39, 0.29) is 17.9 Å². The van der Waals surface area contributed by atoms with Crippen LogP contribution in [0.2, 0.25) is 0 Å². The van der Waals surface area contributed by atoms with E-state index in [1.54, 1.807) is 24.5 Å². The Morgan fingerprint density at radius 3 is 2.74 bits per heavy atom. The Bertz CT molecular complexity index is 1000. The SMILES string of the molecule is C1=CC2NON=C2C(C2CCCCCO2)=C1.C=CC1=NC(c2ccncc2)=CC(=O)CC1.CCC. The topological polar surface area (TPSA) is 85.2 Å². The first-order chi connectivity index (χ1) is 17.2. The Morgan fingerprint density at radius 1 is 1.17 bits per heavy atom. The van der Waals surface area contributed by atoms with Gasteiger partial charge in [-0.2, -0.15) is 0 Å². The van der Waals surface area contributed by atoms with E-state index in [1.165, 1.54) is 31.3 Å². The molecular weight excluding hydrogens is 440 g/mol. The van der Waals surface area contributed by atoms with Gasteiger partial charge in [-0.15, -0.1) is 5.48 Å². The number of hydrogen-bond donors (Lipinski definition) is 1. The molecule has 1 aromatic heterocycles. The van der Waals surface area contributed by atoms with Crippen LogP contribution < -0.4 is 5.48 Å². The van der Waals surface area contributed by atoms with Crippen LogP contribution in [0.25, 0.3) is 5.70 Å². The van der Waals surface area contributed by atoms with Crippen molar-refractivity contribution in [2.24, 2.45) is 10.1 Å². The van der Waals surface area contributed by atoms with Crippen molar-refractivity contribution in [3.8, 4) is 0 Å². The number of carbonyl (C=O) groups excluding carboxylic acids is 1. The summed E-state index contributed by atoms with van der Waals surface area (Å²) < 4.78 is 5.88. The van der Waals surface area contributed by atoms with E-state index in [9.17, 15) is 4.79 Å². The van der Waals surface area contributed by atoms with Crippen LogP contribution in [-0.4, -0.2) is 40.9 Å². The first-order valence-electron chi connectivity index (χ1n) is 12.5. The molecular formula is C28H36N4O3. The lowest BCUT2D eigenvalue weighted by Gasteiger charge is -2.21. The van der Waals surface area contributed by atoms with Gasteiger partial charge in [0.2, 0.25) is 0 Å². The van der Waals surface area contributed by atoms with E-state index in [0.29, 0.717) is 18.5 Å². The van der Waals surface area contributed by atoms with Crippen LogP contribution in [0.15, 0.2) is 77.2 Å². The maximum Gasteiger partial charge on any atom is 0.158 e. The molecule has 1 fully saturated rings. The quantitative estimate of drug-likeness (QED) is 0.620. The van der Waals surface area contributed by atoms with Crippen LogP contribution in [0, 0.1) is 0 Å². The van der Waals surface area contributed by atoms with E-state index in [4.69, 9.17) is 9.68 Å². The van der Waals surface area contributed by atoms with Crippen LogP contribution in [-0.2, 0) is 14.5 Å². The molecule has 0 amide bonds. The second-order valence-corrected chi connectivity index (χ2v) is 8.63. The van der Waals surface area contributed by atoms with E-state index >= 15 is 0 Å². The van der Waals surface area contributed by atoms with E-state index in [2.05, 4.69) is 53.2 Å². The zero-order valence-corrected chi connectivity index (χ0v) is 20.8. The predicted octanol–water partition coefficient (Wildman–Crippen LogP) is 5.53. The highest BCUT2D eigenvalue weighted by atomic mass is 16.8. The van der Waals surface area contributed by atoms with Gasteiger partial charge in [-0.05, 0) is 37.5 Å². The molecule has 7 nitrogen and oxygen atoms in total. The first kappa shape index (κ1) is 26.4. The lowest BCUT2D eigenvalue weighted by Crippen LogP contribution is -2.34. The lowest BCUT2D eigenvalue weighted by molar-refractivity contribution is -0.114. The molecule has 35 heavy (non-hydrogen) atoms. The molecule has 3 aliphatic heterocycles. The van der Waals surface area contributed by atoms with Crippen LogP contribution in [0.4, 0.5) is 0 Å². The number of allylic oxidation sites excluding steroid dienone is 4. The predicted molar refractivity (Wildman–Crippen MR) is 141 cm³/mol. The molecule has 186 valence electrons. The molecule has 2 atom stereocenters. The number of aliphatic imine (C=N–C) groups is 1. The van der Waals surface area contributed by atoms with Gasteiger partial charge in [0.25, 0.3) is 0 Å². The maximum absolute atomic E-state index is 11.5. The van der Waals surface area contributed by atoms with Gasteiger partial charge in [0.05, 0.1) is 11.8 Å². The molecule has 0 aromatic carbocycles. The van der Waals surface area contributed by atoms with Crippen molar-refractivity contribution in [3.63, 3.8) is 0 Å². The molecule has 1 N–H and O–H groups in total. The average molecular weight is 477 g/mol. The number of hydroxylamine groups is 1. The number of fused-ring (bicyclic) bond motifs is 1. The minimum absolute atomic E-state index is 0.104. The third-order valence-corrected chi connectivity index (χ3v) is 5.67. The molecule has 1 aromatic rings. The number of nitrogens with zero attached hydrogens (tertiary/aromatic N) is 3. The van der Waals surface area contributed by atoms with Crippen LogP contribution in [0.3, 0.4) is 0 Å². The highest BCUT2D eigenvalue weighted by Crippen LogP contribution is 2.25. The van der Waals surface area contributed by atoms with Crippen molar-refractivity contribution in [1.29, 1.82) is 0 Å². The summed E-state index contributed by atoms with van der Waals surface area (Å²) in [6.07, 6.45) is 20.2. The largest absolute Gasteiger partial charge is 0.373 e. The second kappa shape index (κ2) is 14.3. The van der Waals surface area contributed by atoms with E-state index < -0.39 is 0 Å². The number of ketones is 1. The Hall–Kier alpha value is -3.16. The standard InChI is InChI=1S/C13H12N2O.C12H16N2O2.C3H8/c1-2-11-3-4-12(16)9-13(15-11)10-5-7-14-8-6-10;1-2-7-11(15-8-3-1)9-5-4-6-10-12(9)14-16-13-10;1-3-2/h2,5-9H,1,3-4H2;4-6,10-11,13H,1-3,7-8H2;3H2,1-2H3. The molecule has 1 aliphatic carbocycles. The monoisotopic (exact) mass is 476 g/mol. The fourth-order valence-electron chi connectivity index (χ4n) is 3.94. The summed E-state index contributed by atoms with van der Waals surface area (Å²) in [4.78, 5) is 24.8. The molecule has 4 aliphatic rings. The van der Waals surface area contributed by atoms with Crippen molar-refractivity contribution in [2.45, 2.75) is 70.9 Å². The first-order valence-corrected chi connectivity index (χ1v) is 12.5. The van der Waals surface area contributed by atoms with Gasteiger partial charge in [-0.25, -0.2) is 0 Å². The smallest absolute Gasteiger partial charge is 0.158 e. The Morgan fingerprint density at radius 2 is 1.97 bits per heavy atom. The second-order valence-electron chi connectivity index (χ2n) is 8.63. The summed E-state index contributed by atoms with van der Waals surface area (Å²) in [6.45, 7) is 8.81. The van der Waals surface area contributed by atoms with Crippen molar-refractivity contribution in [3.05, 3.63) is 72.6 Å². The maximum atomic E-state index is 11.5. The summed E-state index contributed by atoms with van der Waals surface area (Å²) in [7, 11) is 0. The van der Waals surface area contributed by atoms with Gasteiger partial charge < -0.3 is 4.74 Å². The van der Waals surface area contributed by atoms with Gasteiger partial charge in [0, 0.05) is 48.3 Å². The zero-order valence-electron chi connectivity index (χ0n) is 20.8. The number of nitrogens with one attached hydrogen (secondary N) is 1. The molecule has 0 saturated carbocycles. The number of pyridine rings is 1.